The number of hydrogen-bond donors (Lipinski definition) is 1. The van der Waals surface area contributed by atoms with Crippen molar-refractivity contribution in [1.82, 2.24) is 9.97 Å². The molecule has 2 aromatic carbocycles. The monoisotopic (exact) mass is 376 g/mol. The van der Waals surface area contributed by atoms with E-state index in [4.69, 9.17) is 4.74 Å². The third-order valence-electron chi connectivity index (χ3n) is 4.14. The van der Waals surface area contributed by atoms with Crippen LogP contribution in [0.3, 0.4) is 0 Å². The van der Waals surface area contributed by atoms with Crippen LogP contribution in [0, 0.1) is 0 Å². The van der Waals surface area contributed by atoms with Crippen molar-refractivity contribution in [2.75, 3.05) is 0 Å². The van der Waals surface area contributed by atoms with E-state index in [0.717, 1.165) is 16.7 Å². The second-order valence-corrected chi connectivity index (χ2v) is 6.96. The minimum Gasteiger partial charge on any atom is -0.457 e. The molecule has 0 aliphatic carbocycles. The molecule has 0 bridgehead atoms. The molecule has 0 radical (unpaired) electrons. The molecule has 2 heterocycles. The van der Waals surface area contributed by atoms with Crippen LogP contribution in [0.2, 0.25) is 0 Å². The number of ether oxygens (including phenoxy) is 1. The highest BCUT2D eigenvalue weighted by atomic mass is 32.1. The minimum absolute atomic E-state index is 0.0536. The van der Waals surface area contributed by atoms with Crippen molar-refractivity contribution in [1.29, 1.82) is 0 Å². The summed E-state index contributed by atoms with van der Waals surface area (Å²) in [6.07, 6.45) is 0.167. The number of hydrogen-bond acceptors (Lipinski definition) is 5. The number of aromatic nitrogens is 2. The van der Waals surface area contributed by atoms with E-state index in [-0.39, 0.29) is 24.6 Å². The Bertz CT molecular complexity index is 1130. The van der Waals surface area contributed by atoms with Crippen molar-refractivity contribution in [2.45, 2.75) is 13.0 Å². The van der Waals surface area contributed by atoms with E-state index < -0.39 is 0 Å². The molecule has 0 aliphatic heterocycles. The van der Waals surface area contributed by atoms with E-state index in [9.17, 15) is 9.59 Å². The number of carbonyl (C=O) groups is 1. The zero-order valence-corrected chi connectivity index (χ0v) is 15.2. The smallest absolute Gasteiger partial charge is 0.310 e. The second-order valence-electron chi connectivity index (χ2n) is 6.05. The number of esters is 1. The zero-order chi connectivity index (χ0) is 18.6. The number of H-pyrrole nitrogens is 1. The average Bonchev–Trinajstić information content (AvgIpc) is 3.17. The topological polar surface area (TPSA) is 72.0 Å². The molecule has 4 rings (SSSR count). The number of nitrogens with zero attached hydrogens (tertiary/aromatic N) is 1. The third kappa shape index (κ3) is 3.96. The summed E-state index contributed by atoms with van der Waals surface area (Å²) in [5.74, 6) is -0.0193. The molecule has 0 saturated carbocycles. The van der Waals surface area contributed by atoms with Crippen LogP contribution in [0.15, 0.2) is 70.8 Å². The van der Waals surface area contributed by atoms with E-state index >= 15 is 0 Å². The molecular weight excluding hydrogens is 360 g/mol. The molecule has 5 nitrogen and oxygen atoms in total. The summed E-state index contributed by atoms with van der Waals surface area (Å²) in [4.78, 5) is 31.0. The molecule has 0 unspecified atom stereocenters. The van der Waals surface area contributed by atoms with Crippen LogP contribution >= 0.6 is 11.3 Å². The SMILES string of the molecule is O=C(Cc1ccc(-c2ccccc2)cc1)OCc1nc2ccsc2c(=O)[nH]1. The van der Waals surface area contributed by atoms with Gasteiger partial charge < -0.3 is 9.72 Å². The van der Waals surface area contributed by atoms with E-state index in [0.29, 0.717) is 16.0 Å². The maximum absolute atomic E-state index is 12.1. The summed E-state index contributed by atoms with van der Waals surface area (Å²) in [6, 6.07) is 19.6. The predicted molar refractivity (Wildman–Crippen MR) is 106 cm³/mol. The number of fused-ring (bicyclic) bond motifs is 1. The summed E-state index contributed by atoms with van der Waals surface area (Å²) in [7, 11) is 0. The van der Waals surface area contributed by atoms with Crippen molar-refractivity contribution < 1.29 is 9.53 Å². The van der Waals surface area contributed by atoms with Gasteiger partial charge in [-0.25, -0.2) is 4.98 Å². The maximum Gasteiger partial charge on any atom is 0.310 e. The van der Waals surface area contributed by atoms with E-state index in [1.807, 2.05) is 60.0 Å². The molecule has 0 aliphatic rings. The van der Waals surface area contributed by atoms with Gasteiger partial charge in [0.25, 0.3) is 5.56 Å². The van der Waals surface area contributed by atoms with Crippen LogP contribution < -0.4 is 5.56 Å². The Morgan fingerprint density at radius 2 is 1.74 bits per heavy atom. The number of rotatable bonds is 5. The van der Waals surface area contributed by atoms with Gasteiger partial charge in [0.2, 0.25) is 0 Å². The van der Waals surface area contributed by atoms with Gasteiger partial charge in [-0.1, -0.05) is 54.6 Å². The molecule has 2 aromatic heterocycles. The zero-order valence-electron chi connectivity index (χ0n) is 14.3. The molecule has 6 heteroatoms. The van der Waals surface area contributed by atoms with Crippen LogP contribution in [0.1, 0.15) is 11.4 Å². The van der Waals surface area contributed by atoms with Crippen LogP contribution in [0.5, 0.6) is 0 Å². The molecule has 0 atom stereocenters. The van der Waals surface area contributed by atoms with Crippen LogP contribution in [-0.4, -0.2) is 15.9 Å². The molecule has 0 saturated heterocycles. The van der Waals surface area contributed by atoms with E-state index in [1.54, 1.807) is 6.07 Å². The number of thiophene rings is 1. The van der Waals surface area contributed by atoms with Gasteiger partial charge in [0.15, 0.2) is 0 Å². The first-order valence-electron chi connectivity index (χ1n) is 8.45. The quantitative estimate of drug-likeness (QED) is 0.536. The normalized spacial score (nSPS) is 10.8. The Hall–Kier alpha value is -3.25. The second kappa shape index (κ2) is 7.55. The number of nitrogens with one attached hydrogen (secondary N) is 1. The average molecular weight is 376 g/mol. The fourth-order valence-corrected chi connectivity index (χ4v) is 3.53. The van der Waals surface area contributed by atoms with Crippen LogP contribution in [-0.2, 0) is 22.6 Å². The molecule has 0 spiro atoms. The van der Waals surface area contributed by atoms with Gasteiger partial charge in [-0.05, 0) is 28.1 Å². The maximum atomic E-state index is 12.1. The lowest BCUT2D eigenvalue weighted by Gasteiger charge is -2.06. The van der Waals surface area contributed by atoms with Crippen molar-refractivity contribution in [2.24, 2.45) is 0 Å². The first-order valence-corrected chi connectivity index (χ1v) is 9.33. The summed E-state index contributed by atoms with van der Waals surface area (Å²) in [5.41, 5.74) is 3.50. The largest absolute Gasteiger partial charge is 0.457 e. The fraction of sp³-hybridized carbons (Fsp3) is 0.0952. The standard InChI is InChI=1S/C21H16N2O3S/c24-19(26-13-18-22-17-10-11-27-20(17)21(25)23-18)12-14-6-8-16(9-7-14)15-4-2-1-3-5-15/h1-11H,12-13H2,(H,22,23,25). The van der Waals surface area contributed by atoms with Gasteiger partial charge in [0, 0.05) is 0 Å². The summed E-state index contributed by atoms with van der Waals surface area (Å²) in [5, 5.41) is 1.81. The van der Waals surface area contributed by atoms with Gasteiger partial charge >= 0.3 is 5.97 Å². The van der Waals surface area contributed by atoms with Crippen molar-refractivity contribution in [3.05, 3.63) is 87.8 Å². The lowest BCUT2D eigenvalue weighted by Crippen LogP contribution is -2.14. The highest BCUT2D eigenvalue weighted by Gasteiger charge is 2.09. The van der Waals surface area contributed by atoms with Gasteiger partial charge in [-0.2, -0.15) is 0 Å². The number of benzene rings is 2. The first-order chi connectivity index (χ1) is 13.2. The Morgan fingerprint density at radius 1 is 1.00 bits per heavy atom. The molecule has 0 amide bonds. The van der Waals surface area contributed by atoms with Crippen LogP contribution in [0.4, 0.5) is 0 Å². The van der Waals surface area contributed by atoms with Gasteiger partial charge in [0.05, 0.1) is 11.9 Å². The van der Waals surface area contributed by atoms with Gasteiger partial charge in [-0.15, -0.1) is 11.3 Å². The highest BCUT2D eigenvalue weighted by molar-refractivity contribution is 7.17. The van der Waals surface area contributed by atoms with Crippen molar-refractivity contribution in [3.63, 3.8) is 0 Å². The molecule has 27 heavy (non-hydrogen) atoms. The predicted octanol–water partition coefficient (Wildman–Crippen LogP) is 3.94. The first kappa shape index (κ1) is 17.2. The van der Waals surface area contributed by atoms with E-state index in [2.05, 4.69) is 9.97 Å². The molecule has 134 valence electrons. The van der Waals surface area contributed by atoms with E-state index in [1.165, 1.54) is 11.3 Å². The highest BCUT2D eigenvalue weighted by Crippen LogP contribution is 2.19. The molecule has 4 aromatic rings. The van der Waals surface area contributed by atoms with Crippen LogP contribution in [0.25, 0.3) is 21.3 Å². The Kier molecular flexibility index (Phi) is 4.80. The Labute approximate surface area is 159 Å². The van der Waals surface area contributed by atoms with Gasteiger partial charge in [-0.3, -0.25) is 9.59 Å². The molecule has 1 N–H and O–H groups in total. The lowest BCUT2D eigenvalue weighted by molar-refractivity contribution is -0.144. The lowest BCUT2D eigenvalue weighted by atomic mass is 10.0. The summed E-state index contributed by atoms with van der Waals surface area (Å²) in [6.45, 7) is -0.0536. The summed E-state index contributed by atoms with van der Waals surface area (Å²) < 4.78 is 5.83. The Balaban J connectivity index is 1.38. The number of aromatic amines is 1. The van der Waals surface area contributed by atoms with Gasteiger partial charge in [0.1, 0.15) is 17.1 Å². The fourth-order valence-electron chi connectivity index (χ4n) is 2.80. The minimum atomic E-state index is -0.365. The van der Waals surface area contributed by atoms with Crippen molar-refractivity contribution >= 4 is 27.5 Å². The summed E-state index contributed by atoms with van der Waals surface area (Å²) >= 11 is 1.33. The Morgan fingerprint density at radius 3 is 2.52 bits per heavy atom. The van der Waals surface area contributed by atoms with Crippen molar-refractivity contribution in [3.8, 4) is 11.1 Å². The molecular formula is C21H16N2O3S. The molecule has 0 fully saturated rings. The third-order valence-corrected chi connectivity index (χ3v) is 5.05. The number of carbonyl (C=O) groups excluding carboxylic acids is 1.